The minimum absolute atomic E-state index is 0.247. The van der Waals surface area contributed by atoms with Crippen LogP contribution in [0.5, 0.6) is 0 Å². The van der Waals surface area contributed by atoms with Crippen LogP contribution in [0.15, 0.2) is 60.1 Å². The number of rotatable bonds is 7. The van der Waals surface area contributed by atoms with E-state index in [2.05, 4.69) is 20.4 Å². The van der Waals surface area contributed by atoms with E-state index in [1.54, 1.807) is 16.4 Å². The molecule has 0 aliphatic rings. The number of imidazole rings is 1. The van der Waals surface area contributed by atoms with E-state index in [0.717, 1.165) is 33.2 Å². The lowest BCUT2D eigenvalue weighted by Crippen LogP contribution is -2.26. The molecule has 1 aromatic carbocycles. The second-order valence-corrected chi connectivity index (χ2v) is 7.51. The number of nitrogens with zero attached hydrogens (tertiary/aromatic N) is 5. The van der Waals surface area contributed by atoms with Crippen LogP contribution >= 0.6 is 11.8 Å². The average Bonchev–Trinajstić information content (AvgIpc) is 3.38. The molecule has 0 atom stereocenters. The quantitative estimate of drug-likeness (QED) is 0.460. The number of thioether (sulfide) groups is 1. The molecule has 0 fully saturated rings. The van der Waals surface area contributed by atoms with Crippen LogP contribution in [-0.4, -0.2) is 43.0 Å². The van der Waals surface area contributed by atoms with Gasteiger partial charge in [0.25, 0.3) is 0 Å². The molecule has 0 saturated carbocycles. The monoisotopic (exact) mass is 422 g/mol. The number of alkyl carbamates (subject to hydrolysis) is 1. The topological polar surface area (TPSA) is 86.3 Å². The molecule has 0 aliphatic carbocycles. The predicted molar refractivity (Wildman–Crippen MR) is 115 cm³/mol. The Kier molecular flexibility index (Phi) is 5.99. The fourth-order valence-corrected chi connectivity index (χ4v) is 3.64. The van der Waals surface area contributed by atoms with E-state index in [1.165, 1.54) is 0 Å². The molecule has 4 rings (SSSR count). The second-order valence-electron chi connectivity index (χ2n) is 6.72. The predicted octanol–water partition coefficient (Wildman–Crippen LogP) is 3.32. The van der Waals surface area contributed by atoms with Gasteiger partial charge in [0.05, 0.1) is 23.8 Å². The van der Waals surface area contributed by atoms with Gasteiger partial charge in [-0.1, -0.05) is 30.3 Å². The summed E-state index contributed by atoms with van der Waals surface area (Å²) in [5, 5.41) is 7.87. The molecule has 3 heterocycles. The van der Waals surface area contributed by atoms with Gasteiger partial charge in [0.1, 0.15) is 11.6 Å². The minimum Gasteiger partial charge on any atom is -0.445 e. The Morgan fingerprint density at radius 3 is 2.77 bits per heavy atom. The molecule has 0 spiro atoms. The Balaban J connectivity index is 1.43. The zero-order chi connectivity index (χ0) is 20.9. The maximum absolute atomic E-state index is 12.0. The summed E-state index contributed by atoms with van der Waals surface area (Å²) in [5.74, 6) is 0. The summed E-state index contributed by atoms with van der Waals surface area (Å²) in [5.41, 5.74) is 4.55. The molecule has 8 nitrogen and oxygen atoms in total. The Bertz CT molecular complexity index is 1150. The van der Waals surface area contributed by atoms with Crippen LogP contribution in [0.25, 0.3) is 16.9 Å². The number of hydrogen-bond acceptors (Lipinski definition) is 6. The number of ether oxygens (including phenoxy) is 1. The lowest BCUT2D eigenvalue weighted by atomic mass is 10.2. The van der Waals surface area contributed by atoms with E-state index in [9.17, 15) is 4.79 Å². The van der Waals surface area contributed by atoms with E-state index in [-0.39, 0.29) is 6.61 Å². The van der Waals surface area contributed by atoms with Crippen LogP contribution in [-0.2, 0) is 24.8 Å². The zero-order valence-electron chi connectivity index (χ0n) is 16.8. The van der Waals surface area contributed by atoms with Crippen molar-refractivity contribution in [1.29, 1.82) is 0 Å². The van der Waals surface area contributed by atoms with Crippen molar-refractivity contribution >= 4 is 23.5 Å². The lowest BCUT2D eigenvalue weighted by Gasteiger charge is -2.09. The van der Waals surface area contributed by atoms with E-state index < -0.39 is 6.09 Å². The number of carbonyl (C=O) groups excluding carboxylic acids is 1. The van der Waals surface area contributed by atoms with Crippen molar-refractivity contribution in [2.24, 2.45) is 7.05 Å². The molecular formula is C21H22N6O2S. The molecule has 30 heavy (non-hydrogen) atoms. The van der Waals surface area contributed by atoms with Gasteiger partial charge in [-0.2, -0.15) is 5.10 Å². The van der Waals surface area contributed by atoms with Gasteiger partial charge in [0.15, 0.2) is 5.65 Å². The molecule has 0 radical (unpaired) electrons. The first kappa shape index (κ1) is 20.0. The summed E-state index contributed by atoms with van der Waals surface area (Å²) >= 11 is 1.54. The van der Waals surface area contributed by atoms with Crippen LogP contribution < -0.4 is 5.32 Å². The molecule has 0 aliphatic heterocycles. The SMILES string of the molecule is CSc1nc(CCNC(=O)OCc2ccccc2)cn2c(-c3cnn(C)c3)cnc12. The highest BCUT2D eigenvalue weighted by atomic mass is 32.2. The minimum atomic E-state index is -0.441. The Morgan fingerprint density at radius 1 is 1.20 bits per heavy atom. The summed E-state index contributed by atoms with van der Waals surface area (Å²) in [6.07, 6.45) is 9.67. The van der Waals surface area contributed by atoms with E-state index in [1.807, 2.05) is 72.8 Å². The van der Waals surface area contributed by atoms with Crippen LogP contribution in [0.2, 0.25) is 0 Å². The Morgan fingerprint density at radius 2 is 2.03 bits per heavy atom. The summed E-state index contributed by atoms with van der Waals surface area (Å²) in [4.78, 5) is 21.2. The number of fused-ring (bicyclic) bond motifs is 1. The number of carbonyl (C=O) groups is 1. The third-order valence-electron chi connectivity index (χ3n) is 4.57. The highest BCUT2D eigenvalue weighted by Gasteiger charge is 2.13. The standard InChI is InChI=1S/C21H22N6O2S/c1-26-12-16(10-24-26)18-11-23-19-20(30-2)25-17(13-27(18)19)8-9-22-21(28)29-14-15-6-4-3-5-7-15/h3-7,10-13H,8-9,14H2,1-2H3,(H,22,28). The average molecular weight is 423 g/mol. The second kappa shape index (κ2) is 9.00. The van der Waals surface area contributed by atoms with Gasteiger partial charge < -0.3 is 10.1 Å². The first-order valence-corrected chi connectivity index (χ1v) is 10.7. The molecule has 3 aromatic heterocycles. The maximum Gasteiger partial charge on any atom is 0.407 e. The van der Waals surface area contributed by atoms with Crippen molar-refractivity contribution in [2.75, 3.05) is 12.8 Å². The maximum atomic E-state index is 12.0. The molecule has 1 amide bonds. The van der Waals surface area contributed by atoms with Gasteiger partial charge in [-0.05, 0) is 11.8 Å². The van der Waals surface area contributed by atoms with Crippen molar-refractivity contribution in [2.45, 2.75) is 18.1 Å². The summed E-state index contributed by atoms with van der Waals surface area (Å²) in [7, 11) is 1.88. The first-order valence-electron chi connectivity index (χ1n) is 9.48. The van der Waals surface area contributed by atoms with Crippen molar-refractivity contribution in [1.82, 2.24) is 29.5 Å². The molecule has 154 valence electrons. The number of hydrogen-bond donors (Lipinski definition) is 1. The van der Waals surface area contributed by atoms with Gasteiger partial charge in [-0.3, -0.25) is 9.08 Å². The smallest absolute Gasteiger partial charge is 0.407 e. The molecule has 0 bridgehead atoms. The van der Waals surface area contributed by atoms with Gasteiger partial charge in [0, 0.05) is 38.0 Å². The number of benzene rings is 1. The van der Waals surface area contributed by atoms with Gasteiger partial charge in [0.2, 0.25) is 0 Å². The summed E-state index contributed by atoms with van der Waals surface area (Å²) in [6, 6.07) is 9.59. The third-order valence-corrected chi connectivity index (χ3v) is 5.23. The van der Waals surface area contributed by atoms with Crippen molar-refractivity contribution in [3.05, 3.63) is 66.4 Å². The summed E-state index contributed by atoms with van der Waals surface area (Å²) < 4.78 is 9.04. The first-order chi connectivity index (χ1) is 14.6. The van der Waals surface area contributed by atoms with Crippen molar-refractivity contribution in [3.63, 3.8) is 0 Å². The van der Waals surface area contributed by atoms with Crippen LogP contribution in [0.3, 0.4) is 0 Å². The van der Waals surface area contributed by atoms with Gasteiger partial charge in [-0.15, -0.1) is 11.8 Å². The van der Waals surface area contributed by atoms with Crippen LogP contribution in [0.4, 0.5) is 4.79 Å². The molecule has 4 aromatic rings. The molecule has 1 N–H and O–H groups in total. The van der Waals surface area contributed by atoms with Crippen LogP contribution in [0.1, 0.15) is 11.3 Å². The number of aromatic nitrogens is 5. The van der Waals surface area contributed by atoms with Crippen molar-refractivity contribution < 1.29 is 9.53 Å². The summed E-state index contributed by atoms with van der Waals surface area (Å²) in [6.45, 7) is 0.674. The zero-order valence-corrected chi connectivity index (χ0v) is 17.6. The lowest BCUT2D eigenvalue weighted by molar-refractivity contribution is 0.140. The molecule has 0 saturated heterocycles. The Labute approximate surface area is 178 Å². The van der Waals surface area contributed by atoms with Crippen LogP contribution in [0, 0.1) is 0 Å². The fraction of sp³-hybridized carbons (Fsp3) is 0.238. The molecular weight excluding hydrogens is 400 g/mol. The normalized spacial score (nSPS) is 11.0. The van der Waals surface area contributed by atoms with E-state index >= 15 is 0 Å². The highest BCUT2D eigenvalue weighted by Crippen LogP contribution is 2.25. The van der Waals surface area contributed by atoms with E-state index in [0.29, 0.717) is 13.0 Å². The number of amides is 1. The van der Waals surface area contributed by atoms with E-state index in [4.69, 9.17) is 4.74 Å². The van der Waals surface area contributed by atoms with Gasteiger partial charge >= 0.3 is 6.09 Å². The number of nitrogens with one attached hydrogen (secondary N) is 1. The molecule has 9 heteroatoms. The Hall–Kier alpha value is -3.33. The van der Waals surface area contributed by atoms with Crippen molar-refractivity contribution in [3.8, 4) is 11.3 Å². The highest BCUT2D eigenvalue weighted by molar-refractivity contribution is 7.98. The number of aryl methyl sites for hydroxylation is 1. The third kappa shape index (κ3) is 4.46. The molecule has 0 unspecified atom stereocenters. The fourth-order valence-electron chi connectivity index (χ4n) is 3.10. The van der Waals surface area contributed by atoms with Gasteiger partial charge in [-0.25, -0.2) is 14.8 Å². The largest absolute Gasteiger partial charge is 0.445 e.